The second-order valence-electron chi connectivity index (χ2n) is 5.61. The molecule has 0 aliphatic carbocycles. The normalized spacial score (nSPS) is 10.8. The molecule has 3 rings (SSSR count). The second-order valence-corrected chi connectivity index (χ2v) is 5.61. The summed E-state index contributed by atoms with van der Waals surface area (Å²) in [5, 5.41) is 10.1. The summed E-state index contributed by atoms with van der Waals surface area (Å²) >= 11 is 0. The van der Waals surface area contributed by atoms with E-state index in [1.807, 2.05) is 36.4 Å². The maximum Gasteiger partial charge on any atom is 0.335 e. The number of nitrogens with zero attached hydrogens (tertiary/aromatic N) is 2. The molecule has 1 N–H and O–H groups in total. The van der Waals surface area contributed by atoms with Gasteiger partial charge in [0.1, 0.15) is 0 Å². The van der Waals surface area contributed by atoms with Gasteiger partial charge in [0.2, 0.25) is 0 Å². The summed E-state index contributed by atoms with van der Waals surface area (Å²) in [6.07, 6.45) is 0. The van der Waals surface area contributed by atoms with E-state index in [0.717, 1.165) is 40.9 Å². The first-order valence-electron chi connectivity index (χ1n) is 8.12. The lowest BCUT2D eigenvalue weighted by molar-refractivity contribution is 0.0697. The molecule has 0 spiro atoms. The molecule has 0 atom stereocenters. The Kier molecular flexibility index (Phi) is 4.47. The average Bonchev–Trinajstić information content (AvgIpc) is 2.62. The standard InChI is InChI=1S/C20H20N2O2/c1-3-22(4-2)18-13-16-12-15(20(23)24)10-11-17(16)21-19(18)14-8-6-5-7-9-14/h5-13H,3-4H2,1-2H3,(H,23,24). The molecule has 24 heavy (non-hydrogen) atoms. The molecule has 0 fully saturated rings. The van der Waals surface area contributed by atoms with Crippen molar-refractivity contribution in [1.29, 1.82) is 0 Å². The van der Waals surface area contributed by atoms with E-state index in [4.69, 9.17) is 4.98 Å². The molecule has 0 bridgehead atoms. The van der Waals surface area contributed by atoms with E-state index in [1.54, 1.807) is 18.2 Å². The Labute approximate surface area is 141 Å². The molecule has 4 nitrogen and oxygen atoms in total. The van der Waals surface area contributed by atoms with Gasteiger partial charge in [0.15, 0.2) is 0 Å². The van der Waals surface area contributed by atoms with Gasteiger partial charge in [0.25, 0.3) is 0 Å². The van der Waals surface area contributed by atoms with E-state index < -0.39 is 5.97 Å². The molecule has 122 valence electrons. The summed E-state index contributed by atoms with van der Waals surface area (Å²) in [6, 6.07) is 17.2. The Morgan fingerprint density at radius 3 is 2.38 bits per heavy atom. The minimum Gasteiger partial charge on any atom is -0.478 e. The van der Waals surface area contributed by atoms with Crippen molar-refractivity contribution in [2.24, 2.45) is 0 Å². The highest BCUT2D eigenvalue weighted by molar-refractivity contribution is 5.96. The van der Waals surface area contributed by atoms with Gasteiger partial charge in [-0.05, 0) is 38.1 Å². The lowest BCUT2D eigenvalue weighted by Crippen LogP contribution is -2.23. The molecule has 1 heterocycles. The van der Waals surface area contributed by atoms with Crippen LogP contribution in [0.4, 0.5) is 5.69 Å². The molecular weight excluding hydrogens is 300 g/mol. The van der Waals surface area contributed by atoms with Crippen LogP contribution in [0.5, 0.6) is 0 Å². The Hall–Kier alpha value is -2.88. The van der Waals surface area contributed by atoms with Crippen LogP contribution >= 0.6 is 0 Å². The van der Waals surface area contributed by atoms with Crippen LogP contribution in [0.15, 0.2) is 54.6 Å². The first-order valence-corrected chi connectivity index (χ1v) is 8.12. The first-order chi connectivity index (χ1) is 11.6. The van der Waals surface area contributed by atoms with Gasteiger partial charge in [-0.3, -0.25) is 0 Å². The Balaban J connectivity index is 2.26. The van der Waals surface area contributed by atoms with Crippen molar-refractivity contribution in [3.63, 3.8) is 0 Å². The molecule has 0 saturated heterocycles. The van der Waals surface area contributed by atoms with E-state index in [2.05, 4.69) is 18.7 Å². The molecule has 0 unspecified atom stereocenters. The number of aromatic carboxylic acids is 1. The second kappa shape index (κ2) is 6.71. The van der Waals surface area contributed by atoms with Crippen LogP contribution in [0.3, 0.4) is 0 Å². The third-order valence-electron chi connectivity index (χ3n) is 4.19. The van der Waals surface area contributed by atoms with Gasteiger partial charge in [-0.25, -0.2) is 9.78 Å². The largest absolute Gasteiger partial charge is 0.478 e. The summed E-state index contributed by atoms with van der Waals surface area (Å²) in [5.41, 5.74) is 4.09. The van der Waals surface area contributed by atoms with Gasteiger partial charge in [-0.2, -0.15) is 0 Å². The van der Waals surface area contributed by atoms with Gasteiger partial charge in [0.05, 0.1) is 22.5 Å². The topological polar surface area (TPSA) is 53.4 Å². The predicted octanol–water partition coefficient (Wildman–Crippen LogP) is 4.45. The lowest BCUT2D eigenvalue weighted by atomic mass is 10.0. The van der Waals surface area contributed by atoms with E-state index in [9.17, 15) is 9.90 Å². The number of anilines is 1. The lowest BCUT2D eigenvalue weighted by Gasteiger charge is -2.24. The van der Waals surface area contributed by atoms with Crippen molar-refractivity contribution >= 4 is 22.6 Å². The third-order valence-corrected chi connectivity index (χ3v) is 4.19. The van der Waals surface area contributed by atoms with Crippen LogP contribution in [0.1, 0.15) is 24.2 Å². The van der Waals surface area contributed by atoms with Gasteiger partial charge in [-0.15, -0.1) is 0 Å². The van der Waals surface area contributed by atoms with E-state index in [-0.39, 0.29) is 5.56 Å². The third kappa shape index (κ3) is 2.95. The monoisotopic (exact) mass is 320 g/mol. The zero-order chi connectivity index (χ0) is 17.1. The molecule has 0 saturated carbocycles. The fraction of sp³-hybridized carbons (Fsp3) is 0.200. The van der Waals surface area contributed by atoms with Crippen LogP contribution in [0.2, 0.25) is 0 Å². The molecular formula is C20H20N2O2. The number of rotatable bonds is 5. The number of carbonyl (C=O) groups is 1. The Morgan fingerprint density at radius 1 is 1.04 bits per heavy atom. The maximum absolute atomic E-state index is 11.2. The highest BCUT2D eigenvalue weighted by atomic mass is 16.4. The quantitative estimate of drug-likeness (QED) is 0.755. The van der Waals surface area contributed by atoms with Gasteiger partial charge < -0.3 is 10.0 Å². The van der Waals surface area contributed by atoms with E-state index in [0.29, 0.717) is 0 Å². The van der Waals surface area contributed by atoms with Crippen molar-refractivity contribution in [2.75, 3.05) is 18.0 Å². The molecule has 0 amide bonds. The van der Waals surface area contributed by atoms with Crippen molar-refractivity contribution in [2.45, 2.75) is 13.8 Å². The molecule has 4 heteroatoms. The number of fused-ring (bicyclic) bond motifs is 1. The predicted molar refractivity (Wildman–Crippen MR) is 97.7 cm³/mol. The summed E-state index contributed by atoms with van der Waals surface area (Å²) in [5.74, 6) is -0.923. The van der Waals surface area contributed by atoms with E-state index >= 15 is 0 Å². The Bertz CT molecular complexity index is 871. The molecule has 2 aromatic carbocycles. The molecule has 1 aromatic heterocycles. The maximum atomic E-state index is 11.2. The van der Waals surface area contributed by atoms with Crippen molar-refractivity contribution in [1.82, 2.24) is 4.98 Å². The molecule has 0 radical (unpaired) electrons. The van der Waals surface area contributed by atoms with Gasteiger partial charge >= 0.3 is 5.97 Å². The molecule has 0 aliphatic heterocycles. The fourth-order valence-electron chi connectivity index (χ4n) is 2.91. The summed E-state index contributed by atoms with van der Waals surface area (Å²) < 4.78 is 0. The van der Waals surface area contributed by atoms with Crippen LogP contribution in [0, 0.1) is 0 Å². The fourth-order valence-corrected chi connectivity index (χ4v) is 2.91. The molecule has 0 aliphatic rings. The van der Waals surface area contributed by atoms with Gasteiger partial charge in [0, 0.05) is 24.0 Å². The van der Waals surface area contributed by atoms with Gasteiger partial charge in [-0.1, -0.05) is 30.3 Å². The number of aromatic nitrogens is 1. The van der Waals surface area contributed by atoms with Crippen molar-refractivity contribution < 1.29 is 9.90 Å². The smallest absolute Gasteiger partial charge is 0.335 e. The molecule has 3 aromatic rings. The minimum absolute atomic E-state index is 0.280. The number of hydrogen-bond acceptors (Lipinski definition) is 3. The number of hydrogen-bond donors (Lipinski definition) is 1. The van der Waals surface area contributed by atoms with Crippen molar-refractivity contribution in [3.05, 3.63) is 60.2 Å². The number of carboxylic acids is 1. The summed E-state index contributed by atoms with van der Waals surface area (Å²) in [7, 11) is 0. The minimum atomic E-state index is -0.923. The van der Waals surface area contributed by atoms with Crippen LogP contribution in [-0.2, 0) is 0 Å². The van der Waals surface area contributed by atoms with Crippen molar-refractivity contribution in [3.8, 4) is 11.3 Å². The highest BCUT2D eigenvalue weighted by Crippen LogP contribution is 2.32. The summed E-state index contributed by atoms with van der Waals surface area (Å²) in [6.45, 7) is 5.94. The SMILES string of the molecule is CCN(CC)c1cc2cc(C(=O)O)ccc2nc1-c1ccccc1. The van der Waals surface area contributed by atoms with Crippen LogP contribution in [-0.4, -0.2) is 29.1 Å². The summed E-state index contributed by atoms with van der Waals surface area (Å²) in [4.78, 5) is 18.3. The zero-order valence-electron chi connectivity index (χ0n) is 13.9. The Morgan fingerprint density at radius 2 is 1.75 bits per heavy atom. The first kappa shape index (κ1) is 16.0. The number of carboxylic acid groups (broad SMARTS) is 1. The zero-order valence-corrected chi connectivity index (χ0v) is 13.9. The number of benzene rings is 2. The van der Waals surface area contributed by atoms with Crippen LogP contribution < -0.4 is 4.90 Å². The van der Waals surface area contributed by atoms with E-state index in [1.165, 1.54) is 0 Å². The van der Waals surface area contributed by atoms with Crippen LogP contribution in [0.25, 0.3) is 22.2 Å². The average molecular weight is 320 g/mol. The number of pyridine rings is 1. The highest BCUT2D eigenvalue weighted by Gasteiger charge is 2.14.